The van der Waals surface area contributed by atoms with Crippen LogP contribution in [0.1, 0.15) is 96.4 Å². The van der Waals surface area contributed by atoms with Crippen molar-refractivity contribution in [3.8, 4) is 0 Å². The second-order valence-corrected chi connectivity index (χ2v) is 7.75. The zero-order valence-corrected chi connectivity index (χ0v) is 16.6. The van der Waals surface area contributed by atoms with Gasteiger partial charge in [0, 0.05) is 0 Å². The minimum absolute atomic E-state index is 0.833. The van der Waals surface area contributed by atoms with Crippen molar-refractivity contribution >= 4 is 0 Å². The average Bonchev–Trinajstić information content (AvgIpc) is 2.16. The van der Waals surface area contributed by atoms with Gasteiger partial charge in [-0.05, 0) is 29.6 Å². The minimum atomic E-state index is 0.833. The molecule has 0 fully saturated rings. The minimum Gasteiger partial charge on any atom is -0.0651 e. The zero-order valence-electron chi connectivity index (χ0n) is 16.6. The molecule has 0 radical (unpaired) electrons. The highest BCUT2D eigenvalue weighted by atomic mass is 14.0. The summed E-state index contributed by atoms with van der Waals surface area (Å²) in [7, 11) is 0. The topological polar surface area (TPSA) is 0 Å². The first-order valence-corrected chi connectivity index (χ1v) is 8.38. The Kier molecular flexibility index (Phi) is 29.3. The molecule has 0 saturated carbocycles. The predicted molar refractivity (Wildman–Crippen MR) is 95.8 cm³/mol. The van der Waals surface area contributed by atoms with Gasteiger partial charge >= 0.3 is 0 Å². The first kappa shape index (κ1) is 27.4. The summed E-state index contributed by atoms with van der Waals surface area (Å²) in [5.41, 5.74) is 0. The average molecular weight is 275 g/mol. The molecule has 0 aromatic carbocycles. The molecule has 122 valence electrons. The Morgan fingerprint density at radius 1 is 0.474 bits per heavy atom. The Morgan fingerprint density at radius 2 is 0.579 bits per heavy atom. The lowest BCUT2D eigenvalue weighted by Crippen LogP contribution is -1.95. The van der Waals surface area contributed by atoms with Gasteiger partial charge in [-0.25, -0.2) is 0 Å². The van der Waals surface area contributed by atoms with E-state index >= 15 is 0 Å². The van der Waals surface area contributed by atoms with Crippen molar-refractivity contribution in [2.75, 3.05) is 0 Å². The third-order valence-corrected chi connectivity index (χ3v) is 2.15. The highest BCUT2D eigenvalue weighted by molar-refractivity contribution is 4.46. The summed E-state index contributed by atoms with van der Waals surface area (Å²) in [6.07, 6.45) is 1.31. The van der Waals surface area contributed by atoms with Crippen LogP contribution in [0, 0.1) is 29.6 Å². The highest BCUT2D eigenvalue weighted by Gasteiger charge is 1.95. The molecule has 0 atom stereocenters. The molecular formula is C19H46. The first-order chi connectivity index (χ1) is 8.38. The molecule has 0 spiro atoms. The van der Waals surface area contributed by atoms with Crippen molar-refractivity contribution in [1.29, 1.82) is 0 Å². The maximum atomic E-state index is 2.24. The van der Waals surface area contributed by atoms with Gasteiger partial charge in [0.15, 0.2) is 0 Å². The second-order valence-electron chi connectivity index (χ2n) is 7.75. The van der Waals surface area contributed by atoms with Gasteiger partial charge in [0.2, 0.25) is 0 Å². The number of hydrogen-bond donors (Lipinski definition) is 0. The molecule has 0 nitrogen and oxygen atoms in total. The molecule has 0 bridgehead atoms. The molecule has 19 heavy (non-hydrogen) atoms. The molecule has 0 aliphatic heterocycles. The van der Waals surface area contributed by atoms with Crippen molar-refractivity contribution < 1.29 is 0 Å². The summed E-state index contributed by atoms with van der Waals surface area (Å²) in [6.45, 7) is 28.6. The van der Waals surface area contributed by atoms with Crippen LogP contribution in [0.5, 0.6) is 0 Å². The molecule has 0 amide bonds. The van der Waals surface area contributed by atoms with Gasteiger partial charge in [-0.15, -0.1) is 0 Å². The van der Waals surface area contributed by atoms with Crippen molar-refractivity contribution in [2.24, 2.45) is 29.6 Å². The third kappa shape index (κ3) is 128. The SMILES string of the molecule is CC(C)C.CC(C)C.CC(C)C(C)C.CCC(C)C. The van der Waals surface area contributed by atoms with E-state index in [0.717, 1.165) is 29.6 Å². The van der Waals surface area contributed by atoms with E-state index in [9.17, 15) is 0 Å². The molecule has 0 heterocycles. The molecule has 0 aliphatic rings. The molecule has 0 aromatic rings. The Bertz CT molecular complexity index is 100. The lowest BCUT2D eigenvalue weighted by atomic mass is 10.0. The van der Waals surface area contributed by atoms with E-state index in [4.69, 9.17) is 0 Å². The van der Waals surface area contributed by atoms with Crippen LogP contribution in [-0.2, 0) is 0 Å². The van der Waals surface area contributed by atoms with Gasteiger partial charge in [0.1, 0.15) is 0 Å². The lowest BCUT2D eigenvalue weighted by molar-refractivity contribution is 0.457. The van der Waals surface area contributed by atoms with Crippen molar-refractivity contribution in [3.63, 3.8) is 0 Å². The summed E-state index contributed by atoms with van der Waals surface area (Å²) < 4.78 is 0. The molecule has 0 unspecified atom stereocenters. The first-order valence-electron chi connectivity index (χ1n) is 8.38. The smallest absolute Gasteiger partial charge is 0.0448 e. The predicted octanol–water partition coefficient (Wildman–Crippen LogP) is 7.68. The van der Waals surface area contributed by atoms with Crippen LogP contribution in [0.2, 0.25) is 0 Å². The number of rotatable bonds is 2. The summed E-state index contributed by atoms with van der Waals surface area (Å²) in [5.74, 6) is 4.25. The molecule has 0 N–H and O–H groups in total. The van der Waals surface area contributed by atoms with Gasteiger partial charge in [0.25, 0.3) is 0 Å². The van der Waals surface area contributed by atoms with E-state index in [1.165, 1.54) is 6.42 Å². The van der Waals surface area contributed by atoms with Crippen LogP contribution in [0.15, 0.2) is 0 Å². The summed E-state index contributed by atoms with van der Waals surface area (Å²) in [4.78, 5) is 0. The maximum absolute atomic E-state index is 2.24. The fraction of sp³-hybridized carbons (Fsp3) is 1.00. The fourth-order valence-corrected chi connectivity index (χ4v) is 0. The van der Waals surface area contributed by atoms with Gasteiger partial charge in [-0.2, -0.15) is 0 Å². The van der Waals surface area contributed by atoms with Crippen LogP contribution in [0.3, 0.4) is 0 Å². The lowest BCUT2D eigenvalue weighted by Gasteiger charge is -2.05. The Labute approximate surface area is 126 Å². The largest absolute Gasteiger partial charge is 0.0651 e. The summed E-state index contributed by atoms with van der Waals surface area (Å²) >= 11 is 0. The van der Waals surface area contributed by atoms with E-state index in [0.29, 0.717) is 0 Å². The summed E-state index contributed by atoms with van der Waals surface area (Å²) in [6, 6.07) is 0. The van der Waals surface area contributed by atoms with Crippen molar-refractivity contribution in [3.05, 3.63) is 0 Å². The quantitative estimate of drug-likeness (QED) is 0.484. The van der Waals surface area contributed by atoms with Crippen LogP contribution < -0.4 is 0 Å². The van der Waals surface area contributed by atoms with E-state index in [1.807, 2.05) is 0 Å². The van der Waals surface area contributed by atoms with Crippen molar-refractivity contribution in [2.45, 2.75) is 96.4 Å². The van der Waals surface area contributed by atoms with Gasteiger partial charge < -0.3 is 0 Å². The molecular weight excluding hydrogens is 228 g/mol. The van der Waals surface area contributed by atoms with E-state index in [1.54, 1.807) is 0 Å². The molecule has 0 rings (SSSR count). The maximum Gasteiger partial charge on any atom is -0.0448 e. The Morgan fingerprint density at radius 3 is 0.579 bits per heavy atom. The Hall–Kier alpha value is 0. The van der Waals surface area contributed by atoms with E-state index in [2.05, 4.69) is 90.0 Å². The molecule has 0 aromatic heterocycles. The monoisotopic (exact) mass is 274 g/mol. The van der Waals surface area contributed by atoms with E-state index < -0.39 is 0 Å². The van der Waals surface area contributed by atoms with Gasteiger partial charge in [-0.3, -0.25) is 0 Å². The third-order valence-electron chi connectivity index (χ3n) is 2.15. The van der Waals surface area contributed by atoms with Crippen LogP contribution in [0.25, 0.3) is 0 Å². The van der Waals surface area contributed by atoms with Crippen molar-refractivity contribution in [1.82, 2.24) is 0 Å². The van der Waals surface area contributed by atoms with Crippen LogP contribution in [-0.4, -0.2) is 0 Å². The van der Waals surface area contributed by atoms with Gasteiger partial charge in [-0.1, -0.05) is 96.4 Å². The second kappa shape index (κ2) is 20.3. The molecule has 0 aliphatic carbocycles. The van der Waals surface area contributed by atoms with E-state index in [-0.39, 0.29) is 0 Å². The number of hydrogen-bond acceptors (Lipinski definition) is 0. The molecule has 0 heteroatoms. The van der Waals surface area contributed by atoms with Crippen LogP contribution >= 0.6 is 0 Å². The fourth-order valence-electron chi connectivity index (χ4n) is 0. The highest BCUT2D eigenvalue weighted by Crippen LogP contribution is 2.05. The zero-order chi connectivity index (χ0) is 16.6. The normalized spacial score (nSPS) is 9.79. The Balaban J connectivity index is -0.0000000803. The van der Waals surface area contributed by atoms with Gasteiger partial charge in [0.05, 0.1) is 0 Å². The standard InChI is InChI=1S/C6H14.C5H12.2C4H10/c1-5(2)6(3)4;1-4-5(2)3;2*1-4(2)3/h5-6H,1-4H3;5H,4H2,1-3H3;2*4H,1-3H3. The van der Waals surface area contributed by atoms with Crippen LogP contribution in [0.4, 0.5) is 0 Å². The molecule has 0 saturated heterocycles. The summed E-state index contributed by atoms with van der Waals surface area (Å²) in [5, 5.41) is 0.